The zero-order chi connectivity index (χ0) is 21.9. The first-order valence-corrected chi connectivity index (χ1v) is 10.1. The van der Waals surface area contributed by atoms with Crippen molar-refractivity contribution in [3.8, 4) is 0 Å². The predicted molar refractivity (Wildman–Crippen MR) is 103 cm³/mol. The Kier molecular flexibility index (Phi) is 13.1. The Labute approximate surface area is 167 Å². The van der Waals surface area contributed by atoms with E-state index in [2.05, 4.69) is 0 Å². The molecule has 0 aliphatic heterocycles. The Morgan fingerprint density at radius 2 is 1.26 bits per heavy atom. The molecule has 0 rings (SSSR count). The number of carbonyl (C=O) groups excluding carboxylic acids is 3. The van der Waals surface area contributed by atoms with Crippen LogP contribution in [0, 0.1) is 0 Å². The first kappa shape index (κ1) is 28.3. The summed E-state index contributed by atoms with van der Waals surface area (Å²) in [6.07, 6.45) is -5.06. The van der Waals surface area contributed by atoms with Crippen molar-refractivity contribution in [1.82, 2.24) is 0 Å². The number of alkyl halides is 3. The molecule has 0 aromatic carbocycles. The molecule has 27 heavy (non-hydrogen) atoms. The van der Waals surface area contributed by atoms with Crippen molar-refractivity contribution in [3.63, 3.8) is 0 Å². The SMILES string of the molecule is CCOC(=O)C(C)(C)SC(C)=O.CCOC(=O)C(C)(C)SCCC(F)(F)F. The lowest BCUT2D eigenvalue weighted by Crippen LogP contribution is -2.31. The summed E-state index contributed by atoms with van der Waals surface area (Å²) in [6, 6.07) is 0. The molecule has 0 N–H and O–H groups in total. The molecule has 0 saturated heterocycles. The highest BCUT2D eigenvalue weighted by Gasteiger charge is 2.33. The van der Waals surface area contributed by atoms with Gasteiger partial charge in [0.05, 0.1) is 19.6 Å². The number of carbonyl (C=O) groups is 3. The van der Waals surface area contributed by atoms with E-state index < -0.39 is 28.1 Å². The fourth-order valence-corrected chi connectivity index (χ4v) is 3.37. The number of hydrogen-bond donors (Lipinski definition) is 0. The molecule has 0 heterocycles. The van der Waals surface area contributed by atoms with Crippen LogP contribution in [0.4, 0.5) is 13.2 Å². The molecule has 0 spiro atoms. The molecule has 0 saturated carbocycles. The van der Waals surface area contributed by atoms with Crippen LogP contribution in [0.15, 0.2) is 0 Å². The van der Waals surface area contributed by atoms with E-state index >= 15 is 0 Å². The number of esters is 2. The molecular formula is C17H29F3O5S2. The average Bonchev–Trinajstić information content (AvgIpc) is 2.45. The molecule has 0 aliphatic carbocycles. The molecule has 0 unspecified atom stereocenters. The summed E-state index contributed by atoms with van der Waals surface area (Å²) in [5, 5.41) is -0.0759. The molecule has 0 aliphatic rings. The first-order chi connectivity index (χ1) is 12.1. The van der Waals surface area contributed by atoms with Gasteiger partial charge in [0.25, 0.3) is 0 Å². The second-order valence-corrected chi connectivity index (χ2v) is 9.79. The maximum Gasteiger partial charge on any atom is 0.389 e. The van der Waals surface area contributed by atoms with Gasteiger partial charge in [0, 0.05) is 12.7 Å². The minimum atomic E-state index is -4.17. The van der Waals surface area contributed by atoms with E-state index in [1.54, 1.807) is 41.5 Å². The summed E-state index contributed by atoms with van der Waals surface area (Å²) in [6.45, 7) is 11.9. The topological polar surface area (TPSA) is 69.7 Å². The molecule has 0 fully saturated rings. The minimum Gasteiger partial charge on any atom is -0.465 e. The second kappa shape index (κ2) is 12.5. The fourth-order valence-electron chi connectivity index (χ4n) is 1.49. The average molecular weight is 435 g/mol. The van der Waals surface area contributed by atoms with Crippen LogP contribution in [0.1, 0.15) is 54.9 Å². The van der Waals surface area contributed by atoms with Crippen LogP contribution in [-0.2, 0) is 23.9 Å². The lowest BCUT2D eigenvalue weighted by Gasteiger charge is -2.21. The van der Waals surface area contributed by atoms with Gasteiger partial charge in [-0.15, -0.1) is 11.8 Å². The fraction of sp³-hybridized carbons (Fsp3) is 0.824. The van der Waals surface area contributed by atoms with Crippen molar-refractivity contribution in [2.45, 2.75) is 70.6 Å². The van der Waals surface area contributed by atoms with Crippen molar-refractivity contribution >= 4 is 40.6 Å². The Hall–Kier alpha value is -0.900. The van der Waals surface area contributed by atoms with Crippen LogP contribution in [0.25, 0.3) is 0 Å². The normalized spacial score (nSPS) is 11.9. The van der Waals surface area contributed by atoms with Crippen LogP contribution in [0.3, 0.4) is 0 Å². The maximum atomic E-state index is 11.9. The molecular weight excluding hydrogens is 405 g/mol. The third-order valence-corrected chi connectivity index (χ3v) is 5.04. The van der Waals surface area contributed by atoms with Gasteiger partial charge in [-0.2, -0.15) is 13.2 Å². The third kappa shape index (κ3) is 14.8. The highest BCUT2D eigenvalue weighted by Crippen LogP contribution is 2.30. The summed E-state index contributed by atoms with van der Waals surface area (Å²) >= 11 is 1.95. The van der Waals surface area contributed by atoms with Crippen LogP contribution in [0.2, 0.25) is 0 Å². The number of halogens is 3. The lowest BCUT2D eigenvalue weighted by atomic mass is 10.2. The van der Waals surface area contributed by atoms with Gasteiger partial charge in [-0.1, -0.05) is 11.8 Å². The summed E-state index contributed by atoms with van der Waals surface area (Å²) in [5.74, 6) is -0.947. The van der Waals surface area contributed by atoms with E-state index in [0.29, 0.717) is 6.61 Å². The largest absolute Gasteiger partial charge is 0.465 e. The van der Waals surface area contributed by atoms with Crippen LogP contribution in [0.5, 0.6) is 0 Å². The molecule has 0 radical (unpaired) electrons. The Bertz CT molecular complexity index is 491. The summed E-state index contributed by atoms with van der Waals surface area (Å²) in [7, 11) is 0. The van der Waals surface area contributed by atoms with Crippen molar-refractivity contribution in [1.29, 1.82) is 0 Å². The predicted octanol–water partition coefficient (Wildman–Crippen LogP) is 4.62. The quantitative estimate of drug-likeness (QED) is 0.516. The standard InChI is InChI=1S/C9H15F3O2S.C8H14O3S/c1-4-14-7(13)8(2,3)15-6-5-9(10,11)12;1-5-11-7(10)8(3,4)12-6(2)9/h4-6H2,1-3H3;5H2,1-4H3. The molecule has 5 nitrogen and oxygen atoms in total. The highest BCUT2D eigenvalue weighted by atomic mass is 32.2. The van der Waals surface area contributed by atoms with Crippen LogP contribution < -0.4 is 0 Å². The Morgan fingerprint density at radius 3 is 1.59 bits per heavy atom. The summed E-state index contributed by atoms with van der Waals surface area (Å²) in [5.41, 5.74) is 0. The zero-order valence-corrected chi connectivity index (χ0v) is 18.5. The smallest absolute Gasteiger partial charge is 0.389 e. The van der Waals surface area contributed by atoms with Gasteiger partial charge in [0.2, 0.25) is 0 Å². The van der Waals surface area contributed by atoms with E-state index in [0.717, 1.165) is 23.5 Å². The number of hydrogen-bond acceptors (Lipinski definition) is 7. The highest BCUT2D eigenvalue weighted by molar-refractivity contribution is 8.15. The van der Waals surface area contributed by atoms with Gasteiger partial charge in [0.15, 0.2) is 5.12 Å². The molecule has 160 valence electrons. The summed E-state index contributed by atoms with van der Waals surface area (Å²) in [4.78, 5) is 33.2. The van der Waals surface area contributed by atoms with Gasteiger partial charge in [-0.3, -0.25) is 14.4 Å². The van der Waals surface area contributed by atoms with Gasteiger partial charge < -0.3 is 9.47 Å². The van der Waals surface area contributed by atoms with E-state index in [9.17, 15) is 27.6 Å². The molecule has 0 aromatic rings. The molecule has 0 atom stereocenters. The molecule has 10 heteroatoms. The third-order valence-electron chi connectivity index (χ3n) is 2.78. The second-order valence-electron chi connectivity index (χ2n) is 6.27. The monoisotopic (exact) mass is 434 g/mol. The van der Waals surface area contributed by atoms with Gasteiger partial charge in [0.1, 0.15) is 9.49 Å². The molecule has 0 aromatic heterocycles. The Morgan fingerprint density at radius 1 is 0.852 bits per heavy atom. The van der Waals surface area contributed by atoms with Gasteiger partial charge in [-0.25, -0.2) is 0 Å². The molecule has 0 amide bonds. The maximum absolute atomic E-state index is 11.9. The van der Waals surface area contributed by atoms with Crippen molar-refractivity contribution in [2.24, 2.45) is 0 Å². The zero-order valence-electron chi connectivity index (χ0n) is 16.8. The number of ether oxygens (including phenoxy) is 2. The van der Waals surface area contributed by atoms with E-state index in [1.165, 1.54) is 6.92 Å². The first-order valence-electron chi connectivity index (χ1n) is 8.33. The van der Waals surface area contributed by atoms with Gasteiger partial charge >= 0.3 is 18.1 Å². The van der Waals surface area contributed by atoms with Crippen LogP contribution in [-0.4, -0.2) is 51.7 Å². The lowest BCUT2D eigenvalue weighted by molar-refractivity contribution is -0.146. The minimum absolute atomic E-state index is 0.0759. The van der Waals surface area contributed by atoms with Gasteiger partial charge in [-0.05, 0) is 41.5 Å². The van der Waals surface area contributed by atoms with Crippen molar-refractivity contribution < 1.29 is 37.0 Å². The van der Waals surface area contributed by atoms with E-state index in [4.69, 9.17) is 9.47 Å². The number of rotatable bonds is 8. The van der Waals surface area contributed by atoms with Crippen LogP contribution >= 0.6 is 23.5 Å². The Balaban J connectivity index is 0. The van der Waals surface area contributed by atoms with E-state index in [1.807, 2.05) is 0 Å². The van der Waals surface area contributed by atoms with E-state index in [-0.39, 0.29) is 23.4 Å². The van der Waals surface area contributed by atoms with Crippen molar-refractivity contribution in [2.75, 3.05) is 19.0 Å². The molecule has 0 bridgehead atoms. The van der Waals surface area contributed by atoms with Crippen molar-refractivity contribution in [3.05, 3.63) is 0 Å². The summed E-state index contributed by atoms with van der Waals surface area (Å²) < 4.78 is 43.4. The number of thioether (sulfide) groups is 2.